The van der Waals surface area contributed by atoms with Crippen LogP contribution in [0, 0.1) is 0 Å². The lowest BCUT2D eigenvalue weighted by molar-refractivity contribution is -0.274. The van der Waals surface area contributed by atoms with Crippen LogP contribution in [0.2, 0.25) is 0 Å². The van der Waals surface area contributed by atoms with Gasteiger partial charge in [0.15, 0.2) is 0 Å². The van der Waals surface area contributed by atoms with Gasteiger partial charge < -0.3 is 22.4 Å². The van der Waals surface area contributed by atoms with E-state index in [0.717, 1.165) is 24.3 Å². The van der Waals surface area contributed by atoms with E-state index in [2.05, 4.69) is 9.47 Å². The Bertz CT molecular complexity index is 358. The Hall–Kier alpha value is -1.54. The number of rotatable bonds is 4. The maximum absolute atomic E-state index is 11.8. The normalized spacial score (nSPS) is 12.4. The molecule has 0 N–H and O–H groups in total. The van der Waals surface area contributed by atoms with E-state index in [1.54, 1.807) is 0 Å². The number of hydrogen-bond acceptors (Lipinski definition) is 2. The third-order valence-corrected chi connectivity index (χ3v) is 1.50. The molecule has 1 aromatic carbocycles. The van der Waals surface area contributed by atoms with Crippen molar-refractivity contribution in [1.29, 1.82) is 0 Å². The van der Waals surface area contributed by atoms with Crippen LogP contribution in [0.25, 0.3) is 0 Å². The summed E-state index contributed by atoms with van der Waals surface area (Å²) >= 11 is 0. The fourth-order valence-electron chi connectivity index (χ4n) is 0.928. The van der Waals surface area contributed by atoms with Crippen molar-refractivity contribution in [3.8, 4) is 11.5 Å². The molecule has 0 aromatic heterocycles. The molecule has 0 aliphatic carbocycles. The van der Waals surface area contributed by atoms with Gasteiger partial charge in [0.05, 0.1) is 6.51 Å². The zero-order valence-corrected chi connectivity index (χ0v) is 8.18. The van der Waals surface area contributed by atoms with Gasteiger partial charge in [-0.2, -0.15) is 0 Å². The molecule has 0 unspecified atom stereocenters. The fourth-order valence-corrected chi connectivity index (χ4v) is 0.928. The summed E-state index contributed by atoms with van der Waals surface area (Å²) < 4.78 is 78.5. The predicted molar refractivity (Wildman–Crippen MR) is 47.7 cm³/mol. The maximum Gasteiger partial charge on any atom is 0.573 e. The van der Waals surface area contributed by atoms with Crippen molar-refractivity contribution >= 4 is 6.98 Å². The van der Waals surface area contributed by atoms with Gasteiger partial charge in [-0.1, -0.05) is 0 Å². The molecule has 2 nitrogen and oxygen atoms in total. The zero-order valence-electron chi connectivity index (χ0n) is 8.18. The van der Waals surface area contributed by atoms with Gasteiger partial charge >= 0.3 is 13.3 Å². The molecule has 0 amide bonds. The maximum atomic E-state index is 11.8. The van der Waals surface area contributed by atoms with E-state index in [1.165, 1.54) is 0 Å². The second-order valence-electron chi connectivity index (χ2n) is 3.04. The molecule has 0 spiro atoms. The van der Waals surface area contributed by atoms with E-state index in [1.807, 2.05) is 0 Å². The summed E-state index contributed by atoms with van der Waals surface area (Å²) in [5, 5.41) is 0. The van der Waals surface area contributed by atoms with E-state index in [0.29, 0.717) is 0 Å². The molecule has 0 atom stereocenters. The van der Waals surface area contributed by atoms with Gasteiger partial charge in [0.25, 0.3) is 0 Å². The van der Waals surface area contributed by atoms with E-state index in [4.69, 9.17) is 0 Å². The quantitative estimate of drug-likeness (QED) is 0.609. The van der Waals surface area contributed by atoms with E-state index >= 15 is 0 Å². The Kier molecular flexibility index (Phi) is 3.79. The highest BCUT2D eigenvalue weighted by atomic mass is 19.4. The molecule has 1 rings (SSSR count). The number of alkyl halides is 3. The summed E-state index contributed by atoms with van der Waals surface area (Å²) in [4.78, 5) is 0. The van der Waals surface area contributed by atoms with Crippen LogP contribution in [-0.4, -0.2) is 19.8 Å². The summed E-state index contributed by atoms with van der Waals surface area (Å²) in [5.74, 6) is -0.707. The van der Waals surface area contributed by atoms with Crippen molar-refractivity contribution in [3.63, 3.8) is 0 Å². The van der Waals surface area contributed by atoms with Gasteiger partial charge in [-0.05, 0) is 24.3 Å². The first-order chi connectivity index (χ1) is 7.66. The van der Waals surface area contributed by atoms with Crippen molar-refractivity contribution in [2.75, 3.05) is 6.51 Å². The summed E-state index contributed by atoms with van der Waals surface area (Å²) in [6, 6.07) is 3.66. The van der Waals surface area contributed by atoms with Gasteiger partial charge in [-0.25, -0.2) is 0 Å². The highest BCUT2D eigenvalue weighted by molar-refractivity contribution is 6.58. The highest BCUT2D eigenvalue weighted by Gasteiger charge is 2.31. The molecule has 0 heterocycles. The Morgan fingerprint density at radius 2 is 1.41 bits per heavy atom. The van der Waals surface area contributed by atoms with Gasteiger partial charge in [-0.15, -0.1) is 13.2 Å². The number of halogens is 6. The average Bonchev–Trinajstić information content (AvgIpc) is 2.13. The largest absolute Gasteiger partial charge is 0.573 e. The minimum absolute atomic E-state index is 0.182. The fraction of sp³-hybridized carbons (Fsp3) is 0.250. The van der Waals surface area contributed by atoms with Gasteiger partial charge in [0.2, 0.25) is 0 Å². The van der Waals surface area contributed by atoms with E-state index < -0.39 is 25.6 Å². The first kappa shape index (κ1) is 13.5. The minimum Gasteiger partial charge on any atom is -0.522 e. The average molecular weight is 259 g/mol. The van der Waals surface area contributed by atoms with Crippen LogP contribution in [0.1, 0.15) is 0 Å². The molecular formula is C8H6BF6O2-. The summed E-state index contributed by atoms with van der Waals surface area (Å²) in [6.07, 6.45) is -4.84. The minimum atomic E-state index is -5.10. The molecule has 0 saturated heterocycles. The topological polar surface area (TPSA) is 18.5 Å². The van der Waals surface area contributed by atoms with Gasteiger partial charge in [0, 0.05) is 0 Å². The van der Waals surface area contributed by atoms with E-state index in [9.17, 15) is 26.1 Å². The first-order valence-electron chi connectivity index (χ1n) is 4.35. The van der Waals surface area contributed by atoms with Crippen molar-refractivity contribution in [1.82, 2.24) is 0 Å². The van der Waals surface area contributed by atoms with Gasteiger partial charge in [0.1, 0.15) is 11.5 Å². The van der Waals surface area contributed by atoms with Crippen molar-refractivity contribution < 1.29 is 35.6 Å². The standard InChI is InChI=1S/C8H6BF6O2/c10-8(11,12)17-7-3-1-6(2-4-7)16-5-9(13,14)15/h1-4H,5H2/q-1. The second-order valence-corrected chi connectivity index (χ2v) is 3.04. The Morgan fingerprint density at radius 1 is 0.941 bits per heavy atom. The van der Waals surface area contributed by atoms with Crippen molar-refractivity contribution in [3.05, 3.63) is 24.3 Å². The Morgan fingerprint density at radius 3 is 1.82 bits per heavy atom. The molecular weight excluding hydrogens is 253 g/mol. The molecule has 0 fully saturated rings. The number of ether oxygens (including phenoxy) is 2. The molecule has 9 heteroatoms. The molecule has 17 heavy (non-hydrogen) atoms. The van der Waals surface area contributed by atoms with Crippen LogP contribution in [0.15, 0.2) is 24.3 Å². The van der Waals surface area contributed by atoms with Gasteiger partial charge in [-0.3, -0.25) is 0 Å². The van der Waals surface area contributed by atoms with Crippen LogP contribution in [0.5, 0.6) is 11.5 Å². The monoisotopic (exact) mass is 259 g/mol. The molecule has 0 saturated carbocycles. The van der Waals surface area contributed by atoms with Crippen LogP contribution in [-0.2, 0) is 0 Å². The van der Waals surface area contributed by atoms with Crippen molar-refractivity contribution in [2.24, 2.45) is 0 Å². The predicted octanol–water partition coefficient (Wildman–Crippen LogP) is 3.35. The summed E-state index contributed by atoms with van der Waals surface area (Å²) in [5.41, 5.74) is 0. The lowest BCUT2D eigenvalue weighted by Crippen LogP contribution is -2.26. The molecule has 0 bridgehead atoms. The third-order valence-electron chi connectivity index (χ3n) is 1.50. The number of hydrogen-bond donors (Lipinski definition) is 0. The molecule has 0 aliphatic rings. The Labute approximate surface area is 92.2 Å². The van der Waals surface area contributed by atoms with E-state index in [-0.39, 0.29) is 5.75 Å². The molecule has 0 radical (unpaired) electrons. The molecule has 1 aromatic rings. The highest BCUT2D eigenvalue weighted by Crippen LogP contribution is 2.25. The lowest BCUT2D eigenvalue weighted by atomic mass is 9.95. The van der Waals surface area contributed by atoms with Crippen LogP contribution in [0.4, 0.5) is 26.1 Å². The Balaban J connectivity index is 2.56. The second kappa shape index (κ2) is 4.76. The SMILES string of the molecule is F[B-](F)(F)COc1ccc(OC(F)(F)F)cc1. The van der Waals surface area contributed by atoms with Crippen LogP contribution < -0.4 is 9.47 Å². The number of benzene rings is 1. The van der Waals surface area contributed by atoms with Crippen LogP contribution in [0.3, 0.4) is 0 Å². The van der Waals surface area contributed by atoms with Crippen LogP contribution >= 0.6 is 0 Å². The summed E-state index contributed by atoms with van der Waals surface area (Å²) in [6.45, 7) is -6.54. The first-order valence-corrected chi connectivity index (χ1v) is 4.35. The van der Waals surface area contributed by atoms with Crippen molar-refractivity contribution in [2.45, 2.75) is 6.36 Å². The zero-order chi connectivity index (χ0) is 13.1. The third kappa shape index (κ3) is 5.93. The lowest BCUT2D eigenvalue weighted by Gasteiger charge is -2.15. The smallest absolute Gasteiger partial charge is 0.522 e. The molecule has 96 valence electrons. The molecule has 0 aliphatic heterocycles. The summed E-state index contributed by atoms with van der Waals surface area (Å²) in [7, 11) is 0.